The molecule has 3 atom stereocenters. The van der Waals surface area contributed by atoms with Crippen LogP contribution in [0, 0.1) is 12.3 Å². The predicted molar refractivity (Wildman–Crippen MR) is 86.7 cm³/mol. The van der Waals surface area contributed by atoms with Crippen molar-refractivity contribution in [1.82, 2.24) is 15.1 Å². The number of hydrogen-bond donors (Lipinski definition) is 3. The zero-order valence-electron chi connectivity index (χ0n) is 14.5. The maximum Gasteiger partial charge on any atom is 0.269 e. The SMILES string of the molecule is COCCOCC1(CNC(=O)c2cc(C)nn2C)C[C@@H](O)[C@@H](O)C1. The number of carbonyl (C=O) groups excluding carboxylic acids is 1. The van der Waals surface area contributed by atoms with Crippen LogP contribution in [0.5, 0.6) is 0 Å². The molecule has 2 rings (SSSR count). The van der Waals surface area contributed by atoms with E-state index in [1.807, 2.05) is 6.92 Å². The number of nitrogens with zero attached hydrogens (tertiary/aromatic N) is 2. The van der Waals surface area contributed by atoms with Gasteiger partial charge in [0.1, 0.15) is 5.69 Å². The fraction of sp³-hybridized carbons (Fsp3) is 0.750. The molecule has 1 amide bonds. The Bertz CT molecular complexity index is 550. The van der Waals surface area contributed by atoms with Gasteiger partial charge < -0.3 is 25.0 Å². The van der Waals surface area contributed by atoms with Crippen molar-refractivity contribution in [1.29, 1.82) is 0 Å². The summed E-state index contributed by atoms with van der Waals surface area (Å²) in [6.07, 6.45) is -0.837. The number of aliphatic hydroxyl groups is 2. The molecule has 0 aromatic carbocycles. The minimum atomic E-state index is -0.799. The first-order valence-corrected chi connectivity index (χ1v) is 8.08. The Morgan fingerprint density at radius 1 is 1.42 bits per heavy atom. The van der Waals surface area contributed by atoms with Gasteiger partial charge in [-0.2, -0.15) is 5.10 Å². The maximum atomic E-state index is 12.4. The molecule has 0 saturated heterocycles. The van der Waals surface area contributed by atoms with Gasteiger partial charge in [-0.1, -0.05) is 0 Å². The summed E-state index contributed by atoms with van der Waals surface area (Å²) in [5.41, 5.74) is 0.754. The third-order valence-electron chi connectivity index (χ3n) is 4.43. The number of amides is 1. The molecule has 1 aliphatic rings. The zero-order chi connectivity index (χ0) is 17.7. The molecular weight excluding hydrogens is 314 g/mol. The molecule has 1 aromatic heterocycles. The van der Waals surface area contributed by atoms with Crippen molar-refractivity contribution in [3.05, 3.63) is 17.5 Å². The third kappa shape index (κ3) is 4.54. The van der Waals surface area contributed by atoms with Gasteiger partial charge in [0.2, 0.25) is 0 Å². The number of methoxy groups -OCH3 is 1. The van der Waals surface area contributed by atoms with Crippen LogP contribution in [-0.4, -0.2) is 71.6 Å². The topological polar surface area (TPSA) is 106 Å². The summed E-state index contributed by atoms with van der Waals surface area (Å²) in [5.74, 6) is -0.231. The Kier molecular flexibility index (Phi) is 6.34. The highest BCUT2D eigenvalue weighted by Crippen LogP contribution is 2.38. The second-order valence-corrected chi connectivity index (χ2v) is 6.57. The fourth-order valence-corrected chi connectivity index (χ4v) is 3.17. The summed E-state index contributed by atoms with van der Waals surface area (Å²) in [7, 11) is 3.31. The number of nitrogens with one attached hydrogen (secondary N) is 1. The van der Waals surface area contributed by atoms with Crippen LogP contribution in [0.4, 0.5) is 0 Å². The van der Waals surface area contributed by atoms with Crippen molar-refractivity contribution in [3.8, 4) is 0 Å². The van der Waals surface area contributed by atoms with E-state index in [-0.39, 0.29) is 5.91 Å². The molecule has 0 radical (unpaired) electrons. The number of aromatic nitrogens is 2. The molecule has 8 nitrogen and oxygen atoms in total. The van der Waals surface area contributed by atoms with Crippen LogP contribution in [0.15, 0.2) is 6.07 Å². The monoisotopic (exact) mass is 341 g/mol. The van der Waals surface area contributed by atoms with E-state index in [9.17, 15) is 15.0 Å². The summed E-state index contributed by atoms with van der Waals surface area (Å²) < 4.78 is 12.1. The molecule has 136 valence electrons. The Morgan fingerprint density at radius 2 is 2.08 bits per heavy atom. The summed E-state index contributed by atoms with van der Waals surface area (Å²) in [6, 6.07) is 1.72. The van der Waals surface area contributed by atoms with Crippen LogP contribution in [0.2, 0.25) is 0 Å². The smallest absolute Gasteiger partial charge is 0.269 e. The van der Waals surface area contributed by atoms with Crippen LogP contribution >= 0.6 is 0 Å². The van der Waals surface area contributed by atoms with Gasteiger partial charge in [-0.25, -0.2) is 0 Å². The first kappa shape index (κ1) is 18.9. The number of ether oxygens (including phenoxy) is 2. The summed E-state index contributed by atoms with van der Waals surface area (Å²) in [6.45, 7) is 3.39. The predicted octanol–water partition coefficient (Wildman–Crippen LogP) is -0.377. The van der Waals surface area contributed by atoms with Gasteiger partial charge >= 0.3 is 0 Å². The molecule has 0 aliphatic heterocycles. The summed E-state index contributed by atoms with van der Waals surface area (Å²) in [4.78, 5) is 12.4. The lowest BCUT2D eigenvalue weighted by atomic mass is 9.86. The van der Waals surface area contributed by atoms with Gasteiger partial charge in [0.25, 0.3) is 5.91 Å². The normalized spacial score (nSPS) is 26.7. The van der Waals surface area contributed by atoms with E-state index in [1.165, 1.54) is 4.68 Å². The van der Waals surface area contributed by atoms with Crippen molar-refractivity contribution in [2.75, 3.05) is 33.5 Å². The second kappa shape index (κ2) is 8.06. The highest BCUT2D eigenvalue weighted by atomic mass is 16.5. The van der Waals surface area contributed by atoms with Gasteiger partial charge in [-0.05, 0) is 25.8 Å². The van der Waals surface area contributed by atoms with Gasteiger partial charge in [0.15, 0.2) is 0 Å². The number of carbonyl (C=O) groups is 1. The molecular formula is C16H27N3O5. The van der Waals surface area contributed by atoms with Crippen LogP contribution < -0.4 is 5.32 Å². The molecule has 1 aliphatic carbocycles. The molecule has 1 aromatic rings. The van der Waals surface area contributed by atoms with Gasteiger partial charge in [-0.3, -0.25) is 9.48 Å². The highest BCUT2D eigenvalue weighted by Gasteiger charge is 2.44. The lowest BCUT2D eigenvalue weighted by Gasteiger charge is -2.29. The molecule has 24 heavy (non-hydrogen) atoms. The van der Waals surface area contributed by atoms with Crippen molar-refractivity contribution in [3.63, 3.8) is 0 Å². The molecule has 3 N–H and O–H groups in total. The van der Waals surface area contributed by atoms with E-state index in [0.29, 0.717) is 44.9 Å². The second-order valence-electron chi connectivity index (χ2n) is 6.57. The quantitative estimate of drug-likeness (QED) is 0.557. The molecule has 1 fully saturated rings. The lowest BCUT2D eigenvalue weighted by Crippen LogP contribution is -2.40. The van der Waals surface area contributed by atoms with Crippen LogP contribution in [0.1, 0.15) is 29.0 Å². The molecule has 8 heteroatoms. The van der Waals surface area contributed by atoms with Crippen molar-refractivity contribution >= 4 is 5.91 Å². The third-order valence-corrected chi connectivity index (χ3v) is 4.43. The van der Waals surface area contributed by atoms with Crippen molar-refractivity contribution in [2.45, 2.75) is 32.0 Å². The van der Waals surface area contributed by atoms with E-state index >= 15 is 0 Å². The molecule has 1 heterocycles. The van der Waals surface area contributed by atoms with E-state index in [4.69, 9.17) is 9.47 Å². The highest BCUT2D eigenvalue weighted by molar-refractivity contribution is 5.92. The van der Waals surface area contributed by atoms with Gasteiger partial charge in [-0.15, -0.1) is 0 Å². The molecule has 0 spiro atoms. The van der Waals surface area contributed by atoms with Gasteiger partial charge in [0.05, 0.1) is 37.7 Å². The molecule has 0 bridgehead atoms. The van der Waals surface area contributed by atoms with E-state index in [1.54, 1.807) is 20.2 Å². The van der Waals surface area contributed by atoms with Crippen molar-refractivity contribution < 1.29 is 24.5 Å². The standard InChI is InChI=1S/C16H27N3O5/c1-11-6-12(19(2)18-11)15(22)17-9-16(10-24-5-4-23-3)7-13(20)14(21)8-16/h6,13-14,20-21H,4-5,7-10H2,1-3H3,(H,17,22)/t13-,14+,16?. The minimum absolute atomic E-state index is 0.231. The molecule has 1 saturated carbocycles. The van der Waals surface area contributed by atoms with Crippen LogP contribution in [-0.2, 0) is 16.5 Å². The Balaban J connectivity index is 1.98. The first-order chi connectivity index (χ1) is 11.4. The summed E-state index contributed by atoms with van der Waals surface area (Å²) >= 11 is 0. The van der Waals surface area contributed by atoms with E-state index in [0.717, 1.165) is 5.69 Å². The molecule has 1 unspecified atom stereocenters. The van der Waals surface area contributed by atoms with E-state index < -0.39 is 17.6 Å². The van der Waals surface area contributed by atoms with Crippen LogP contribution in [0.3, 0.4) is 0 Å². The number of aryl methyl sites for hydroxylation is 2. The first-order valence-electron chi connectivity index (χ1n) is 8.08. The lowest BCUT2D eigenvalue weighted by molar-refractivity contribution is 0.0113. The van der Waals surface area contributed by atoms with Crippen LogP contribution in [0.25, 0.3) is 0 Å². The fourth-order valence-electron chi connectivity index (χ4n) is 3.17. The minimum Gasteiger partial charge on any atom is -0.390 e. The van der Waals surface area contributed by atoms with E-state index in [2.05, 4.69) is 10.4 Å². The Hall–Kier alpha value is -1.48. The maximum absolute atomic E-state index is 12.4. The average molecular weight is 341 g/mol. The number of rotatable bonds is 8. The zero-order valence-corrected chi connectivity index (χ0v) is 14.5. The number of aliphatic hydroxyl groups excluding tert-OH is 2. The average Bonchev–Trinajstić information content (AvgIpc) is 3.01. The number of hydrogen-bond acceptors (Lipinski definition) is 6. The summed E-state index contributed by atoms with van der Waals surface area (Å²) in [5, 5.41) is 26.9. The van der Waals surface area contributed by atoms with Gasteiger partial charge in [0, 0.05) is 26.1 Å². The largest absolute Gasteiger partial charge is 0.390 e. The van der Waals surface area contributed by atoms with Crippen molar-refractivity contribution in [2.24, 2.45) is 12.5 Å². The Labute approximate surface area is 141 Å². The Morgan fingerprint density at radius 3 is 2.62 bits per heavy atom.